The molecule has 2 N–H and O–H groups in total. The van der Waals surface area contributed by atoms with Gasteiger partial charge in [-0.2, -0.15) is 16.9 Å². The monoisotopic (exact) mass is 317 g/mol. The number of nitrogens with two attached hydrogens (primary N) is 1. The summed E-state index contributed by atoms with van der Waals surface area (Å²) in [5.41, 5.74) is 7.59. The van der Waals surface area contributed by atoms with Crippen LogP contribution >= 0.6 is 27.7 Å². The Balaban J connectivity index is 2.22. The fourth-order valence-electron chi connectivity index (χ4n) is 2.30. The minimum absolute atomic E-state index is 0.0829. The molecule has 1 saturated heterocycles. The summed E-state index contributed by atoms with van der Waals surface area (Å²) in [6.07, 6.45) is 5.72. The van der Waals surface area contributed by atoms with Crippen molar-refractivity contribution in [3.63, 3.8) is 0 Å². The van der Waals surface area contributed by atoms with Gasteiger partial charge in [-0.05, 0) is 48.4 Å². The molecule has 2 unspecified atom stereocenters. The van der Waals surface area contributed by atoms with Crippen LogP contribution in [-0.2, 0) is 0 Å². The van der Waals surface area contributed by atoms with Gasteiger partial charge in [0.25, 0.3) is 0 Å². The van der Waals surface area contributed by atoms with Crippen LogP contribution in [0.5, 0.6) is 0 Å². The third-order valence-corrected chi connectivity index (χ3v) is 5.30. The van der Waals surface area contributed by atoms with Gasteiger partial charge in [0.1, 0.15) is 0 Å². The lowest BCUT2D eigenvalue weighted by molar-refractivity contribution is 0.469. The Morgan fingerprint density at radius 3 is 2.88 bits per heavy atom. The molecule has 0 saturated carbocycles. The molecule has 0 aliphatic carbocycles. The molecule has 1 aromatic heterocycles. The highest BCUT2D eigenvalue weighted by atomic mass is 79.9. The Morgan fingerprint density at radius 1 is 1.53 bits per heavy atom. The molecule has 96 valence electrons. The molecule has 0 radical (unpaired) electrons. The zero-order valence-electron chi connectivity index (χ0n) is 10.4. The first-order valence-electron chi connectivity index (χ1n) is 6.21. The molecular formula is C12H20BrN3S. The first kappa shape index (κ1) is 13.4. The Labute approximate surface area is 116 Å². The molecule has 2 heterocycles. The van der Waals surface area contributed by atoms with Gasteiger partial charge in [0.15, 0.2) is 0 Å². The zero-order chi connectivity index (χ0) is 12.4. The second-order valence-electron chi connectivity index (χ2n) is 4.85. The largest absolute Gasteiger partial charge is 0.322 e. The highest BCUT2D eigenvalue weighted by Gasteiger charge is 2.27. The van der Waals surface area contributed by atoms with Gasteiger partial charge >= 0.3 is 0 Å². The molecule has 2 atom stereocenters. The Hall–Kier alpha value is -0.0000000000000000555. The van der Waals surface area contributed by atoms with Crippen LogP contribution in [0.1, 0.15) is 50.9 Å². The van der Waals surface area contributed by atoms with Crippen LogP contribution < -0.4 is 5.73 Å². The number of hydrogen-bond donors (Lipinski definition) is 1. The summed E-state index contributed by atoms with van der Waals surface area (Å²) < 4.78 is 3.09. The standard InChI is InChI=1S/C12H20BrN3S/c1-8(2)16-12(9(13)7-15-16)11(14)10-5-3-4-6-17-10/h7-8,10-11H,3-6,14H2,1-2H3. The molecule has 0 amide bonds. The predicted octanol–water partition coefficient (Wildman–Crippen LogP) is 3.51. The van der Waals surface area contributed by atoms with E-state index in [9.17, 15) is 0 Å². The molecule has 3 nitrogen and oxygen atoms in total. The molecule has 1 aliphatic rings. The van der Waals surface area contributed by atoms with E-state index in [1.54, 1.807) is 0 Å². The Kier molecular flexibility index (Phi) is 4.55. The van der Waals surface area contributed by atoms with Crippen LogP contribution in [0.3, 0.4) is 0 Å². The summed E-state index contributed by atoms with van der Waals surface area (Å²) in [6.45, 7) is 4.29. The summed E-state index contributed by atoms with van der Waals surface area (Å²) in [6, 6.07) is 0.440. The number of thioether (sulfide) groups is 1. The fraction of sp³-hybridized carbons (Fsp3) is 0.750. The topological polar surface area (TPSA) is 43.8 Å². The van der Waals surface area contributed by atoms with Crippen molar-refractivity contribution in [2.45, 2.75) is 50.4 Å². The molecule has 1 fully saturated rings. The number of rotatable bonds is 3. The van der Waals surface area contributed by atoms with Crippen LogP contribution in [0.15, 0.2) is 10.7 Å². The summed E-state index contributed by atoms with van der Waals surface area (Å²) >= 11 is 5.59. The highest BCUT2D eigenvalue weighted by molar-refractivity contribution is 9.10. The maximum Gasteiger partial charge on any atom is 0.0707 e. The fourth-order valence-corrected chi connectivity index (χ4v) is 4.18. The summed E-state index contributed by atoms with van der Waals surface area (Å²) in [7, 11) is 0. The van der Waals surface area contributed by atoms with Crippen LogP contribution in [0.4, 0.5) is 0 Å². The van der Waals surface area contributed by atoms with E-state index < -0.39 is 0 Å². The van der Waals surface area contributed by atoms with Crippen molar-refractivity contribution >= 4 is 27.7 Å². The quantitative estimate of drug-likeness (QED) is 0.927. The van der Waals surface area contributed by atoms with Gasteiger partial charge in [-0.1, -0.05) is 6.42 Å². The van der Waals surface area contributed by atoms with E-state index in [1.807, 2.05) is 22.6 Å². The average Bonchev–Trinajstić information content (AvgIpc) is 2.71. The molecule has 0 spiro atoms. The van der Waals surface area contributed by atoms with Crippen LogP contribution in [-0.4, -0.2) is 20.8 Å². The lowest BCUT2D eigenvalue weighted by atomic mass is 10.0. The van der Waals surface area contributed by atoms with Gasteiger partial charge in [-0.15, -0.1) is 0 Å². The van der Waals surface area contributed by atoms with Gasteiger partial charge < -0.3 is 5.73 Å². The number of halogens is 1. The molecule has 1 aromatic rings. The number of aromatic nitrogens is 2. The van der Waals surface area contributed by atoms with E-state index in [0.717, 1.165) is 10.2 Å². The molecule has 2 rings (SSSR count). The van der Waals surface area contributed by atoms with E-state index in [1.165, 1.54) is 25.0 Å². The highest BCUT2D eigenvalue weighted by Crippen LogP contribution is 2.36. The van der Waals surface area contributed by atoms with Crippen molar-refractivity contribution in [1.82, 2.24) is 9.78 Å². The van der Waals surface area contributed by atoms with E-state index in [0.29, 0.717) is 11.3 Å². The zero-order valence-corrected chi connectivity index (χ0v) is 12.8. The van der Waals surface area contributed by atoms with Crippen molar-refractivity contribution in [3.05, 3.63) is 16.4 Å². The average molecular weight is 318 g/mol. The predicted molar refractivity (Wildman–Crippen MR) is 77.3 cm³/mol. The number of nitrogens with zero attached hydrogens (tertiary/aromatic N) is 2. The minimum Gasteiger partial charge on any atom is -0.322 e. The van der Waals surface area contributed by atoms with E-state index in [4.69, 9.17) is 5.73 Å². The first-order valence-corrected chi connectivity index (χ1v) is 8.05. The maximum absolute atomic E-state index is 6.44. The van der Waals surface area contributed by atoms with Gasteiger partial charge in [-0.3, -0.25) is 4.68 Å². The smallest absolute Gasteiger partial charge is 0.0707 e. The Morgan fingerprint density at radius 2 is 2.29 bits per heavy atom. The van der Waals surface area contributed by atoms with Crippen molar-refractivity contribution in [3.8, 4) is 0 Å². The summed E-state index contributed by atoms with van der Waals surface area (Å²) in [5, 5.41) is 4.95. The van der Waals surface area contributed by atoms with E-state index >= 15 is 0 Å². The Bertz CT molecular complexity index is 372. The van der Waals surface area contributed by atoms with Crippen molar-refractivity contribution in [1.29, 1.82) is 0 Å². The van der Waals surface area contributed by atoms with E-state index in [2.05, 4.69) is 34.9 Å². The molecule has 1 aliphatic heterocycles. The molecule has 5 heteroatoms. The van der Waals surface area contributed by atoms with Crippen LogP contribution in [0, 0.1) is 0 Å². The lowest BCUT2D eigenvalue weighted by Crippen LogP contribution is -2.29. The second kappa shape index (κ2) is 5.76. The molecule has 17 heavy (non-hydrogen) atoms. The summed E-state index contributed by atoms with van der Waals surface area (Å²) in [4.78, 5) is 0. The third-order valence-electron chi connectivity index (χ3n) is 3.21. The SMILES string of the molecule is CC(C)n1ncc(Br)c1C(N)C1CCCCS1. The third kappa shape index (κ3) is 2.88. The maximum atomic E-state index is 6.44. The minimum atomic E-state index is 0.0829. The van der Waals surface area contributed by atoms with Gasteiger partial charge in [0.2, 0.25) is 0 Å². The van der Waals surface area contributed by atoms with Crippen LogP contribution in [0.2, 0.25) is 0 Å². The van der Waals surface area contributed by atoms with Gasteiger partial charge in [0, 0.05) is 11.3 Å². The van der Waals surface area contributed by atoms with Crippen LogP contribution in [0.25, 0.3) is 0 Å². The normalized spacial score (nSPS) is 23.0. The van der Waals surface area contributed by atoms with E-state index in [-0.39, 0.29) is 6.04 Å². The molecular weight excluding hydrogens is 298 g/mol. The lowest BCUT2D eigenvalue weighted by Gasteiger charge is -2.28. The second-order valence-corrected chi connectivity index (χ2v) is 7.05. The summed E-state index contributed by atoms with van der Waals surface area (Å²) in [5.74, 6) is 1.24. The number of hydrogen-bond acceptors (Lipinski definition) is 3. The van der Waals surface area contributed by atoms with Gasteiger partial charge in [0.05, 0.1) is 22.4 Å². The van der Waals surface area contributed by atoms with Crippen molar-refractivity contribution in [2.75, 3.05) is 5.75 Å². The first-order chi connectivity index (χ1) is 8.11. The molecule has 0 bridgehead atoms. The van der Waals surface area contributed by atoms with Crippen molar-refractivity contribution in [2.24, 2.45) is 5.73 Å². The van der Waals surface area contributed by atoms with Crippen molar-refractivity contribution < 1.29 is 0 Å². The van der Waals surface area contributed by atoms with Gasteiger partial charge in [-0.25, -0.2) is 0 Å². The molecule has 0 aromatic carbocycles.